The van der Waals surface area contributed by atoms with Gasteiger partial charge < -0.3 is 9.80 Å². The largest absolute Gasteiger partial charge is 0.353 e. The molecule has 0 saturated carbocycles. The van der Waals surface area contributed by atoms with Crippen LogP contribution in [0.4, 0.5) is 0 Å². The molecular weight excluding hydrogens is 200 g/mol. The van der Waals surface area contributed by atoms with E-state index in [1.165, 1.54) is 0 Å². The van der Waals surface area contributed by atoms with Gasteiger partial charge in [-0.05, 0) is 25.6 Å². The van der Waals surface area contributed by atoms with Crippen LogP contribution in [0.5, 0.6) is 0 Å². The second-order valence-corrected chi connectivity index (χ2v) is 4.31. The maximum absolute atomic E-state index is 8.18. The molecule has 0 amide bonds. The monoisotopic (exact) mass is 218 g/mol. The topological polar surface area (TPSA) is 43.2 Å². The number of aromatic nitrogens is 1. The van der Waals surface area contributed by atoms with Crippen molar-refractivity contribution in [3.8, 4) is 0 Å². The molecule has 1 saturated heterocycles. The zero-order valence-electron chi connectivity index (χ0n) is 9.90. The first-order valence-corrected chi connectivity index (χ1v) is 5.62. The molecule has 2 heterocycles. The van der Waals surface area contributed by atoms with Crippen LogP contribution in [0.15, 0.2) is 18.3 Å². The van der Waals surface area contributed by atoms with Crippen molar-refractivity contribution >= 4 is 5.84 Å². The summed E-state index contributed by atoms with van der Waals surface area (Å²) in [5.74, 6) is 0.561. The lowest BCUT2D eigenvalue weighted by Gasteiger charge is -2.34. The normalized spacial score (nSPS) is 17.5. The summed E-state index contributed by atoms with van der Waals surface area (Å²) in [6.45, 7) is 5.90. The van der Waals surface area contributed by atoms with Gasteiger partial charge in [0, 0.05) is 32.4 Å². The average molecular weight is 218 g/mol. The lowest BCUT2D eigenvalue weighted by Crippen LogP contribution is -2.47. The van der Waals surface area contributed by atoms with Crippen LogP contribution in [0.3, 0.4) is 0 Å². The van der Waals surface area contributed by atoms with Gasteiger partial charge in [-0.3, -0.25) is 10.4 Å². The molecule has 1 fully saturated rings. The van der Waals surface area contributed by atoms with E-state index in [4.69, 9.17) is 5.41 Å². The molecule has 86 valence electrons. The molecule has 0 spiro atoms. The Hall–Kier alpha value is -1.42. The third-order valence-corrected chi connectivity index (χ3v) is 3.05. The molecule has 0 aliphatic carbocycles. The number of nitrogens with zero attached hydrogens (tertiary/aromatic N) is 3. The van der Waals surface area contributed by atoms with E-state index in [-0.39, 0.29) is 0 Å². The Bertz CT molecular complexity index is 380. The van der Waals surface area contributed by atoms with Crippen molar-refractivity contribution in [2.24, 2.45) is 0 Å². The highest BCUT2D eigenvalue weighted by molar-refractivity contribution is 5.95. The number of nitrogens with one attached hydrogen (secondary N) is 1. The van der Waals surface area contributed by atoms with Crippen molar-refractivity contribution in [3.63, 3.8) is 0 Å². The number of hydrogen-bond donors (Lipinski definition) is 1. The van der Waals surface area contributed by atoms with Crippen molar-refractivity contribution in [3.05, 3.63) is 29.6 Å². The van der Waals surface area contributed by atoms with Crippen LogP contribution in [-0.2, 0) is 0 Å². The Balaban J connectivity index is 2.11. The Morgan fingerprint density at radius 3 is 2.62 bits per heavy atom. The fraction of sp³-hybridized carbons (Fsp3) is 0.500. The van der Waals surface area contributed by atoms with Gasteiger partial charge in [0.2, 0.25) is 0 Å². The molecule has 0 atom stereocenters. The molecular formula is C12H18N4. The Morgan fingerprint density at radius 2 is 2.00 bits per heavy atom. The van der Waals surface area contributed by atoms with Gasteiger partial charge in [-0.25, -0.2) is 0 Å². The minimum absolute atomic E-state index is 0.561. The van der Waals surface area contributed by atoms with Crippen molar-refractivity contribution < 1.29 is 0 Å². The van der Waals surface area contributed by atoms with E-state index in [1.54, 1.807) is 6.20 Å². The van der Waals surface area contributed by atoms with Crippen LogP contribution in [0.25, 0.3) is 0 Å². The standard InChI is InChI=1S/C12H18N4/c1-10-4-3-5-14-11(10)12(13)16-8-6-15(2)7-9-16/h3-5,13H,6-9H2,1-2H3. The Kier molecular flexibility index (Phi) is 3.19. The first kappa shape index (κ1) is 11.1. The molecule has 1 aromatic rings. The number of piperazine rings is 1. The van der Waals surface area contributed by atoms with E-state index in [2.05, 4.69) is 21.8 Å². The maximum Gasteiger partial charge on any atom is 0.147 e. The minimum Gasteiger partial charge on any atom is -0.353 e. The molecule has 2 rings (SSSR count). The molecule has 1 aliphatic rings. The van der Waals surface area contributed by atoms with Crippen molar-refractivity contribution in [1.82, 2.24) is 14.8 Å². The van der Waals surface area contributed by atoms with Gasteiger partial charge in [0.25, 0.3) is 0 Å². The lowest BCUT2D eigenvalue weighted by atomic mass is 10.2. The van der Waals surface area contributed by atoms with Crippen LogP contribution >= 0.6 is 0 Å². The van der Waals surface area contributed by atoms with Gasteiger partial charge >= 0.3 is 0 Å². The predicted molar refractivity (Wildman–Crippen MR) is 64.9 cm³/mol. The maximum atomic E-state index is 8.18. The van der Waals surface area contributed by atoms with Gasteiger partial charge in [0.15, 0.2) is 0 Å². The molecule has 0 radical (unpaired) electrons. The highest BCUT2D eigenvalue weighted by atomic mass is 15.3. The molecule has 0 unspecified atom stereocenters. The molecule has 1 aliphatic heterocycles. The zero-order chi connectivity index (χ0) is 11.5. The van der Waals surface area contributed by atoms with E-state index in [0.29, 0.717) is 5.84 Å². The molecule has 16 heavy (non-hydrogen) atoms. The van der Waals surface area contributed by atoms with Gasteiger partial charge in [0.1, 0.15) is 11.5 Å². The molecule has 4 heteroatoms. The second kappa shape index (κ2) is 4.61. The van der Waals surface area contributed by atoms with Crippen LogP contribution in [0, 0.1) is 12.3 Å². The molecule has 0 bridgehead atoms. The molecule has 1 N–H and O–H groups in total. The third-order valence-electron chi connectivity index (χ3n) is 3.05. The van der Waals surface area contributed by atoms with Crippen molar-refractivity contribution in [2.45, 2.75) is 6.92 Å². The first-order valence-electron chi connectivity index (χ1n) is 5.62. The van der Waals surface area contributed by atoms with Gasteiger partial charge in [-0.15, -0.1) is 0 Å². The van der Waals surface area contributed by atoms with Gasteiger partial charge in [0.05, 0.1) is 0 Å². The average Bonchev–Trinajstić information content (AvgIpc) is 2.30. The van der Waals surface area contributed by atoms with Crippen molar-refractivity contribution in [2.75, 3.05) is 33.2 Å². The molecule has 1 aromatic heterocycles. The van der Waals surface area contributed by atoms with Crippen molar-refractivity contribution in [1.29, 1.82) is 5.41 Å². The van der Waals surface area contributed by atoms with Crippen LogP contribution < -0.4 is 0 Å². The number of hydrogen-bond acceptors (Lipinski definition) is 3. The summed E-state index contributed by atoms with van der Waals surface area (Å²) in [4.78, 5) is 8.69. The Labute approximate surface area is 96.4 Å². The second-order valence-electron chi connectivity index (χ2n) is 4.31. The summed E-state index contributed by atoms with van der Waals surface area (Å²) in [5, 5.41) is 8.18. The van der Waals surface area contributed by atoms with Gasteiger partial charge in [-0.2, -0.15) is 0 Å². The lowest BCUT2D eigenvalue weighted by molar-refractivity contribution is 0.215. The number of pyridine rings is 1. The third kappa shape index (κ3) is 2.22. The Morgan fingerprint density at radius 1 is 1.31 bits per heavy atom. The smallest absolute Gasteiger partial charge is 0.147 e. The number of rotatable bonds is 1. The van der Waals surface area contributed by atoms with E-state index in [9.17, 15) is 0 Å². The summed E-state index contributed by atoms with van der Waals surface area (Å²) >= 11 is 0. The van der Waals surface area contributed by atoms with E-state index in [0.717, 1.165) is 37.4 Å². The van der Waals surface area contributed by atoms with Crippen LogP contribution in [0.1, 0.15) is 11.3 Å². The van der Waals surface area contributed by atoms with E-state index < -0.39 is 0 Å². The summed E-state index contributed by atoms with van der Waals surface area (Å²) < 4.78 is 0. The molecule has 4 nitrogen and oxygen atoms in total. The van der Waals surface area contributed by atoms with E-state index in [1.807, 2.05) is 19.1 Å². The van der Waals surface area contributed by atoms with E-state index >= 15 is 0 Å². The minimum atomic E-state index is 0.561. The predicted octanol–water partition coefficient (Wildman–Crippen LogP) is 0.963. The number of aryl methyl sites for hydroxylation is 1. The summed E-state index contributed by atoms with van der Waals surface area (Å²) in [5.41, 5.74) is 1.89. The molecule has 0 aromatic carbocycles. The summed E-state index contributed by atoms with van der Waals surface area (Å²) in [7, 11) is 2.12. The quantitative estimate of drug-likeness (QED) is 0.564. The van der Waals surface area contributed by atoms with Crippen LogP contribution in [-0.4, -0.2) is 53.8 Å². The zero-order valence-corrected chi connectivity index (χ0v) is 9.90. The number of likely N-dealkylation sites (N-methyl/N-ethyl adjacent to an activating group) is 1. The summed E-state index contributed by atoms with van der Waals surface area (Å²) in [6, 6.07) is 3.92. The van der Waals surface area contributed by atoms with Gasteiger partial charge in [-0.1, -0.05) is 6.07 Å². The SMILES string of the molecule is Cc1cccnc1C(=N)N1CCN(C)CC1. The highest BCUT2D eigenvalue weighted by Crippen LogP contribution is 2.09. The highest BCUT2D eigenvalue weighted by Gasteiger charge is 2.19. The first-order chi connectivity index (χ1) is 7.68. The number of amidine groups is 1. The fourth-order valence-electron chi connectivity index (χ4n) is 1.91. The van der Waals surface area contributed by atoms with Crippen LogP contribution in [0.2, 0.25) is 0 Å². The summed E-state index contributed by atoms with van der Waals surface area (Å²) in [6.07, 6.45) is 1.76. The fourth-order valence-corrected chi connectivity index (χ4v) is 1.91.